The molecule has 0 aromatic carbocycles. The first-order valence-electron chi connectivity index (χ1n) is 7.91. The maximum absolute atomic E-state index is 12.5. The number of amides is 1. The first kappa shape index (κ1) is 18.0. The van der Waals surface area contributed by atoms with Crippen LogP contribution in [0.5, 0.6) is 0 Å². The Balaban J connectivity index is 2.62. The molecule has 122 valence electrons. The number of nitrogens with zero attached hydrogens (tertiary/aromatic N) is 1. The van der Waals surface area contributed by atoms with E-state index < -0.39 is 6.04 Å². The molecule has 5 heteroatoms. The Morgan fingerprint density at radius 1 is 1.38 bits per heavy atom. The highest BCUT2D eigenvalue weighted by Gasteiger charge is 2.33. The summed E-state index contributed by atoms with van der Waals surface area (Å²) in [4.78, 5) is 26.2. The predicted molar refractivity (Wildman–Crippen MR) is 82.9 cm³/mol. The van der Waals surface area contributed by atoms with Gasteiger partial charge in [0.25, 0.3) is 0 Å². The van der Waals surface area contributed by atoms with Crippen LogP contribution in [-0.2, 0) is 14.3 Å². The SMILES string of the molecule is CCOC(=O)C1CNCCN1C(=O)CC(C)CC(C)(C)C. The van der Waals surface area contributed by atoms with Crippen LogP contribution in [-0.4, -0.2) is 49.1 Å². The molecular weight excluding hydrogens is 268 g/mol. The highest BCUT2D eigenvalue weighted by molar-refractivity contribution is 5.85. The molecule has 0 radical (unpaired) electrons. The van der Waals surface area contributed by atoms with E-state index in [0.29, 0.717) is 32.0 Å². The molecule has 0 spiro atoms. The standard InChI is InChI=1S/C16H30N2O3/c1-6-21-15(20)13-11-17-7-8-18(13)14(19)9-12(2)10-16(3,4)5/h12-13,17H,6-11H2,1-5H3. The second kappa shape index (κ2) is 7.78. The van der Waals surface area contributed by atoms with E-state index in [-0.39, 0.29) is 17.3 Å². The van der Waals surface area contributed by atoms with E-state index in [1.807, 2.05) is 0 Å². The summed E-state index contributed by atoms with van der Waals surface area (Å²) < 4.78 is 5.07. The summed E-state index contributed by atoms with van der Waals surface area (Å²) in [5.74, 6) is 0.0723. The van der Waals surface area contributed by atoms with Gasteiger partial charge in [-0.3, -0.25) is 4.79 Å². The number of hydrogen-bond donors (Lipinski definition) is 1. The number of hydrogen-bond acceptors (Lipinski definition) is 4. The number of rotatable bonds is 5. The quantitative estimate of drug-likeness (QED) is 0.787. The van der Waals surface area contributed by atoms with Crippen molar-refractivity contribution in [2.24, 2.45) is 11.3 Å². The van der Waals surface area contributed by atoms with Crippen molar-refractivity contribution in [3.8, 4) is 0 Å². The topological polar surface area (TPSA) is 58.6 Å². The number of piperazine rings is 1. The van der Waals surface area contributed by atoms with Crippen LogP contribution in [0.15, 0.2) is 0 Å². The van der Waals surface area contributed by atoms with E-state index in [2.05, 4.69) is 33.0 Å². The second-order valence-electron chi connectivity index (χ2n) is 7.13. The summed E-state index contributed by atoms with van der Waals surface area (Å²) in [5.41, 5.74) is 0.212. The molecule has 0 aromatic rings. The summed E-state index contributed by atoms with van der Waals surface area (Å²) >= 11 is 0. The van der Waals surface area contributed by atoms with E-state index in [4.69, 9.17) is 4.74 Å². The third kappa shape index (κ3) is 6.04. The van der Waals surface area contributed by atoms with Crippen LogP contribution in [0.4, 0.5) is 0 Å². The molecule has 0 aromatic heterocycles. The minimum absolute atomic E-state index is 0.0614. The number of nitrogens with one attached hydrogen (secondary N) is 1. The van der Waals surface area contributed by atoms with Gasteiger partial charge in [0.2, 0.25) is 5.91 Å². The van der Waals surface area contributed by atoms with Crippen molar-refractivity contribution in [3.63, 3.8) is 0 Å². The maximum Gasteiger partial charge on any atom is 0.330 e. The minimum atomic E-state index is -0.479. The van der Waals surface area contributed by atoms with Crippen LogP contribution in [0, 0.1) is 11.3 Å². The third-order valence-electron chi connectivity index (χ3n) is 3.61. The summed E-state index contributed by atoms with van der Waals surface area (Å²) in [6.07, 6.45) is 1.49. The van der Waals surface area contributed by atoms with Gasteiger partial charge in [-0.1, -0.05) is 27.7 Å². The zero-order valence-electron chi connectivity index (χ0n) is 14.1. The molecule has 2 unspecified atom stereocenters. The van der Waals surface area contributed by atoms with Gasteiger partial charge in [0.05, 0.1) is 6.61 Å². The zero-order valence-corrected chi connectivity index (χ0v) is 14.1. The summed E-state index contributed by atoms with van der Waals surface area (Å²) in [7, 11) is 0. The predicted octanol–water partition coefficient (Wildman–Crippen LogP) is 1.81. The van der Waals surface area contributed by atoms with Crippen molar-refractivity contribution in [3.05, 3.63) is 0 Å². The van der Waals surface area contributed by atoms with Crippen LogP contribution in [0.3, 0.4) is 0 Å². The van der Waals surface area contributed by atoms with Crippen LogP contribution in [0.1, 0.15) is 47.5 Å². The Morgan fingerprint density at radius 2 is 2.05 bits per heavy atom. The lowest BCUT2D eigenvalue weighted by molar-refractivity contribution is -0.156. The number of esters is 1. The molecule has 1 fully saturated rings. The van der Waals surface area contributed by atoms with E-state index in [1.165, 1.54) is 0 Å². The van der Waals surface area contributed by atoms with Crippen LogP contribution < -0.4 is 5.32 Å². The summed E-state index contributed by atoms with van der Waals surface area (Å²) in [5, 5.41) is 3.16. The van der Waals surface area contributed by atoms with Gasteiger partial charge in [0, 0.05) is 26.1 Å². The maximum atomic E-state index is 12.5. The van der Waals surface area contributed by atoms with Crippen LogP contribution in [0.2, 0.25) is 0 Å². The molecule has 1 N–H and O–H groups in total. The fourth-order valence-corrected chi connectivity index (χ4v) is 2.98. The lowest BCUT2D eigenvalue weighted by atomic mass is 9.84. The van der Waals surface area contributed by atoms with E-state index in [0.717, 1.165) is 13.0 Å². The van der Waals surface area contributed by atoms with Crippen LogP contribution >= 0.6 is 0 Å². The molecule has 21 heavy (non-hydrogen) atoms. The van der Waals surface area contributed by atoms with Gasteiger partial charge in [-0.25, -0.2) is 4.79 Å². The zero-order chi connectivity index (χ0) is 16.0. The molecule has 5 nitrogen and oxygen atoms in total. The fourth-order valence-electron chi connectivity index (χ4n) is 2.98. The molecular formula is C16H30N2O3. The van der Waals surface area contributed by atoms with Gasteiger partial charge < -0.3 is 15.0 Å². The monoisotopic (exact) mass is 298 g/mol. The Hall–Kier alpha value is -1.10. The Labute approximate surface area is 128 Å². The first-order valence-corrected chi connectivity index (χ1v) is 7.91. The average molecular weight is 298 g/mol. The van der Waals surface area contributed by atoms with E-state index >= 15 is 0 Å². The van der Waals surface area contributed by atoms with Crippen molar-refractivity contribution < 1.29 is 14.3 Å². The molecule has 1 saturated heterocycles. The molecule has 1 aliphatic rings. The summed E-state index contributed by atoms with van der Waals surface area (Å²) in [6, 6.07) is -0.479. The molecule has 2 atom stereocenters. The summed E-state index contributed by atoms with van der Waals surface area (Å²) in [6.45, 7) is 12.6. The van der Waals surface area contributed by atoms with Gasteiger partial charge in [-0.2, -0.15) is 0 Å². The van der Waals surface area contributed by atoms with E-state index in [1.54, 1.807) is 11.8 Å². The number of ether oxygens (including phenoxy) is 1. The molecule has 0 saturated carbocycles. The van der Waals surface area contributed by atoms with Gasteiger partial charge >= 0.3 is 5.97 Å². The Morgan fingerprint density at radius 3 is 2.62 bits per heavy atom. The van der Waals surface area contributed by atoms with Gasteiger partial charge in [-0.15, -0.1) is 0 Å². The van der Waals surface area contributed by atoms with Crippen molar-refractivity contribution in [1.29, 1.82) is 0 Å². The molecule has 1 amide bonds. The van der Waals surface area contributed by atoms with Crippen molar-refractivity contribution in [2.75, 3.05) is 26.2 Å². The van der Waals surface area contributed by atoms with E-state index in [9.17, 15) is 9.59 Å². The van der Waals surface area contributed by atoms with Crippen molar-refractivity contribution in [1.82, 2.24) is 10.2 Å². The second-order valence-corrected chi connectivity index (χ2v) is 7.13. The Kier molecular flexibility index (Phi) is 6.65. The van der Waals surface area contributed by atoms with Gasteiger partial charge in [-0.05, 0) is 24.7 Å². The third-order valence-corrected chi connectivity index (χ3v) is 3.61. The molecule has 0 bridgehead atoms. The normalized spacial score (nSPS) is 21.0. The molecule has 0 aliphatic carbocycles. The van der Waals surface area contributed by atoms with Crippen molar-refractivity contribution in [2.45, 2.75) is 53.5 Å². The van der Waals surface area contributed by atoms with Gasteiger partial charge in [0.1, 0.15) is 6.04 Å². The lowest BCUT2D eigenvalue weighted by Crippen LogP contribution is -2.57. The fraction of sp³-hybridized carbons (Fsp3) is 0.875. The average Bonchev–Trinajstić information content (AvgIpc) is 2.36. The molecule has 1 rings (SSSR count). The highest BCUT2D eigenvalue weighted by atomic mass is 16.5. The molecule has 1 heterocycles. The highest BCUT2D eigenvalue weighted by Crippen LogP contribution is 2.26. The molecule has 1 aliphatic heterocycles. The Bertz CT molecular complexity index is 363. The van der Waals surface area contributed by atoms with Gasteiger partial charge in [0.15, 0.2) is 0 Å². The largest absolute Gasteiger partial charge is 0.464 e. The number of carbonyl (C=O) groups is 2. The lowest BCUT2D eigenvalue weighted by Gasteiger charge is -2.35. The minimum Gasteiger partial charge on any atom is -0.464 e. The van der Waals surface area contributed by atoms with Crippen LogP contribution in [0.25, 0.3) is 0 Å². The van der Waals surface area contributed by atoms with Crippen molar-refractivity contribution >= 4 is 11.9 Å². The first-order chi connectivity index (χ1) is 9.74. The number of carbonyl (C=O) groups excluding carboxylic acids is 2. The smallest absolute Gasteiger partial charge is 0.330 e.